The van der Waals surface area contributed by atoms with Crippen molar-refractivity contribution in [2.24, 2.45) is 0 Å². The van der Waals surface area contributed by atoms with E-state index in [2.05, 4.69) is 27.0 Å². The first-order valence-corrected chi connectivity index (χ1v) is 10.6. The van der Waals surface area contributed by atoms with Crippen LogP contribution in [0.3, 0.4) is 0 Å². The van der Waals surface area contributed by atoms with Gasteiger partial charge in [0.05, 0.1) is 19.3 Å². The minimum atomic E-state index is -5.08. The molecule has 35 heavy (non-hydrogen) atoms. The molecule has 1 amide bonds. The Morgan fingerprint density at radius 1 is 1.20 bits per heavy atom. The Balaban J connectivity index is 0.000000429. The maximum atomic E-state index is 12.8. The van der Waals surface area contributed by atoms with Crippen LogP contribution in [-0.4, -0.2) is 51.8 Å². The van der Waals surface area contributed by atoms with Crippen LogP contribution in [0.15, 0.2) is 42.5 Å². The van der Waals surface area contributed by atoms with Crippen molar-refractivity contribution >= 4 is 17.6 Å². The predicted octanol–water partition coefficient (Wildman–Crippen LogP) is 3.17. The number of nitrogens with zero attached hydrogens (tertiary/aromatic N) is 3. The van der Waals surface area contributed by atoms with Crippen LogP contribution in [0.2, 0.25) is 0 Å². The second kappa shape index (κ2) is 11.0. The molecule has 3 N–H and O–H groups in total. The van der Waals surface area contributed by atoms with E-state index in [-0.39, 0.29) is 5.91 Å². The average molecular weight is 491 g/mol. The third-order valence-corrected chi connectivity index (χ3v) is 5.32. The molecule has 1 aliphatic heterocycles. The van der Waals surface area contributed by atoms with Crippen LogP contribution in [-0.2, 0) is 24.3 Å². The molecule has 0 unspecified atom stereocenters. The number of ether oxygens (including phenoxy) is 1. The molecule has 1 aromatic heterocycles. The lowest BCUT2D eigenvalue weighted by Crippen LogP contribution is -2.25. The van der Waals surface area contributed by atoms with Crippen LogP contribution >= 0.6 is 0 Å². The molecule has 0 bridgehead atoms. The predicted molar refractivity (Wildman–Crippen MR) is 120 cm³/mol. The number of carbonyl (C=O) groups is 2. The van der Waals surface area contributed by atoms with E-state index in [1.165, 1.54) is 11.1 Å². The SMILES string of the molecule is COc1ccc(Cn2nnc(C(=O)Nc3cccc4c3CCNC4)c2C)cc1.O=C(O)C(F)(F)F. The highest BCUT2D eigenvalue weighted by Crippen LogP contribution is 2.24. The number of anilines is 1. The van der Waals surface area contributed by atoms with Crippen LogP contribution in [0.5, 0.6) is 5.75 Å². The van der Waals surface area contributed by atoms with Crippen molar-refractivity contribution in [3.05, 3.63) is 70.5 Å². The van der Waals surface area contributed by atoms with Gasteiger partial charge in [-0.05, 0) is 54.8 Å². The second-order valence-electron chi connectivity index (χ2n) is 7.66. The summed E-state index contributed by atoms with van der Waals surface area (Å²) in [5, 5.41) is 21.8. The van der Waals surface area contributed by atoms with Crippen molar-refractivity contribution in [3.63, 3.8) is 0 Å². The molecule has 4 rings (SSSR count). The van der Waals surface area contributed by atoms with E-state index in [0.29, 0.717) is 12.2 Å². The van der Waals surface area contributed by atoms with Crippen LogP contribution in [0, 0.1) is 6.92 Å². The molecule has 0 spiro atoms. The summed E-state index contributed by atoms with van der Waals surface area (Å²) in [7, 11) is 1.64. The number of aliphatic carboxylic acids is 1. The maximum Gasteiger partial charge on any atom is 0.490 e. The van der Waals surface area contributed by atoms with Gasteiger partial charge in [0, 0.05) is 12.2 Å². The van der Waals surface area contributed by atoms with Crippen LogP contribution in [0.25, 0.3) is 0 Å². The second-order valence-corrected chi connectivity index (χ2v) is 7.66. The Morgan fingerprint density at radius 2 is 1.89 bits per heavy atom. The Hall–Kier alpha value is -3.93. The summed E-state index contributed by atoms with van der Waals surface area (Å²) in [6.45, 7) is 4.15. The summed E-state index contributed by atoms with van der Waals surface area (Å²) in [6, 6.07) is 13.8. The lowest BCUT2D eigenvalue weighted by Gasteiger charge is -2.20. The van der Waals surface area contributed by atoms with E-state index < -0.39 is 12.1 Å². The summed E-state index contributed by atoms with van der Waals surface area (Å²) in [5.74, 6) is -2.18. The molecule has 0 radical (unpaired) electrons. The monoisotopic (exact) mass is 491 g/mol. The Bertz CT molecular complexity index is 1190. The standard InChI is InChI=1S/C21H23N5O2.C2HF3O2/c1-14-20(24-25-26(14)13-15-6-8-17(28-2)9-7-15)21(27)23-19-5-3-4-16-12-22-11-10-18(16)19;3-2(4,5)1(6)7/h3-9,22H,10-13H2,1-2H3,(H,23,27);(H,6,7). The molecule has 12 heteroatoms. The zero-order chi connectivity index (χ0) is 25.6. The number of methoxy groups -OCH3 is 1. The Labute approximate surface area is 198 Å². The lowest BCUT2D eigenvalue weighted by molar-refractivity contribution is -0.192. The van der Waals surface area contributed by atoms with Gasteiger partial charge >= 0.3 is 12.1 Å². The number of halogens is 3. The number of fused-ring (bicyclic) bond motifs is 1. The number of alkyl halides is 3. The fourth-order valence-corrected chi connectivity index (χ4v) is 3.45. The molecular formula is C23H24F3N5O4. The van der Waals surface area contributed by atoms with Crippen LogP contribution < -0.4 is 15.4 Å². The summed E-state index contributed by atoms with van der Waals surface area (Å²) in [5.41, 5.74) is 5.42. The molecule has 0 saturated carbocycles. The van der Waals surface area contributed by atoms with E-state index in [1.54, 1.807) is 11.8 Å². The lowest BCUT2D eigenvalue weighted by atomic mass is 9.99. The highest BCUT2D eigenvalue weighted by atomic mass is 19.4. The molecule has 0 aliphatic carbocycles. The number of rotatable bonds is 5. The highest BCUT2D eigenvalue weighted by molar-refractivity contribution is 6.04. The number of hydrogen-bond acceptors (Lipinski definition) is 6. The Morgan fingerprint density at radius 3 is 2.51 bits per heavy atom. The van der Waals surface area contributed by atoms with E-state index in [4.69, 9.17) is 14.6 Å². The highest BCUT2D eigenvalue weighted by Gasteiger charge is 2.38. The van der Waals surface area contributed by atoms with Gasteiger partial charge in [-0.15, -0.1) is 5.10 Å². The van der Waals surface area contributed by atoms with Gasteiger partial charge in [0.2, 0.25) is 0 Å². The largest absolute Gasteiger partial charge is 0.497 e. The number of aromatic nitrogens is 3. The van der Waals surface area contributed by atoms with E-state index in [0.717, 1.165) is 42.2 Å². The van der Waals surface area contributed by atoms with Gasteiger partial charge in [-0.2, -0.15) is 13.2 Å². The molecule has 0 fully saturated rings. The zero-order valence-corrected chi connectivity index (χ0v) is 19.0. The summed E-state index contributed by atoms with van der Waals surface area (Å²) in [4.78, 5) is 21.7. The van der Waals surface area contributed by atoms with Crippen LogP contribution in [0.1, 0.15) is 32.9 Å². The van der Waals surface area contributed by atoms with Crippen molar-refractivity contribution in [3.8, 4) is 5.75 Å². The molecule has 1 aliphatic rings. The third kappa shape index (κ3) is 6.57. The molecule has 3 aromatic rings. The molecule has 9 nitrogen and oxygen atoms in total. The zero-order valence-electron chi connectivity index (χ0n) is 19.0. The number of amides is 1. The van der Waals surface area contributed by atoms with Gasteiger partial charge in [0.15, 0.2) is 5.69 Å². The first-order chi connectivity index (χ1) is 16.6. The molecule has 2 heterocycles. The number of benzene rings is 2. The topological polar surface area (TPSA) is 118 Å². The van der Waals surface area contributed by atoms with E-state index in [1.807, 2.05) is 43.3 Å². The van der Waals surface area contributed by atoms with Gasteiger partial charge in [0.25, 0.3) is 5.91 Å². The summed E-state index contributed by atoms with van der Waals surface area (Å²) in [6.07, 6.45) is -4.19. The molecular weight excluding hydrogens is 467 g/mol. The summed E-state index contributed by atoms with van der Waals surface area (Å²) >= 11 is 0. The molecule has 0 atom stereocenters. The number of carboxylic acid groups (broad SMARTS) is 1. The fourth-order valence-electron chi connectivity index (χ4n) is 3.45. The Kier molecular flexibility index (Phi) is 8.07. The van der Waals surface area contributed by atoms with Crippen molar-refractivity contribution in [1.29, 1.82) is 0 Å². The quantitative estimate of drug-likeness (QED) is 0.502. The minimum absolute atomic E-state index is 0.231. The van der Waals surface area contributed by atoms with E-state index >= 15 is 0 Å². The van der Waals surface area contributed by atoms with Gasteiger partial charge in [0.1, 0.15) is 5.75 Å². The fraction of sp³-hybridized carbons (Fsp3) is 0.304. The number of nitrogens with one attached hydrogen (secondary N) is 2. The first kappa shape index (κ1) is 25.7. The molecule has 2 aromatic carbocycles. The van der Waals surface area contributed by atoms with Crippen molar-refractivity contribution in [2.45, 2.75) is 32.6 Å². The third-order valence-electron chi connectivity index (χ3n) is 5.32. The number of carboxylic acids is 1. The number of carbonyl (C=O) groups excluding carboxylic acids is 1. The van der Waals surface area contributed by atoms with Gasteiger partial charge in [-0.1, -0.05) is 29.5 Å². The van der Waals surface area contributed by atoms with Gasteiger partial charge < -0.3 is 20.5 Å². The average Bonchev–Trinajstić information content (AvgIpc) is 3.19. The molecule has 186 valence electrons. The van der Waals surface area contributed by atoms with Crippen LogP contribution in [0.4, 0.5) is 18.9 Å². The number of hydrogen-bond donors (Lipinski definition) is 3. The van der Waals surface area contributed by atoms with Crippen molar-refractivity contribution in [1.82, 2.24) is 20.3 Å². The molecule has 0 saturated heterocycles. The van der Waals surface area contributed by atoms with Crippen molar-refractivity contribution < 1.29 is 32.6 Å². The maximum absolute atomic E-state index is 12.8. The van der Waals surface area contributed by atoms with E-state index in [9.17, 15) is 18.0 Å². The van der Waals surface area contributed by atoms with Crippen molar-refractivity contribution in [2.75, 3.05) is 19.0 Å². The summed E-state index contributed by atoms with van der Waals surface area (Å²) < 4.78 is 38.7. The van der Waals surface area contributed by atoms with Gasteiger partial charge in [-0.3, -0.25) is 4.79 Å². The minimum Gasteiger partial charge on any atom is -0.497 e. The first-order valence-electron chi connectivity index (χ1n) is 10.6. The normalized spacial score (nSPS) is 12.7. The van der Waals surface area contributed by atoms with Gasteiger partial charge in [-0.25, -0.2) is 9.48 Å². The smallest absolute Gasteiger partial charge is 0.490 e.